The molecule has 118 valence electrons. The van der Waals surface area contributed by atoms with Crippen molar-refractivity contribution in [3.05, 3.63) is 30.0 Å². The topological polar surface area (TPSA) is 88.4 Å². The van der Waals surface area contributed by atoms with Gasteiger partial charge in [0.15, 0.2) is 0 Å². The van der Waals surface area contributed by atoms with Gasteiger partial charge >= 0.3 is 0 Å². The van der Waals surface area contributed by atoms with E-state index in [9.17, 15) is 13.2 Å². The average molecular weight is 322 g/mol. The van der Waals surface area contributed by atoms with Crippen molar-refractivity contribution in [3.8, 4) is 0 Å². The normalized spacial score (nSPS) is 15.1. The summed E-state index contributed by atoms with van der Waals surface area (Å²) >= 11 is 0. The van der Waals surface area contributed by atoms with Gasteiger partial charge in [-0.15, -0.1) is 0 Å². The van der Waals surface area contributed by atoms with Crippen molar-refractivity contribution in [1.29, 1.82) is 0 Å². The number of sulfonamides is 1. The number of benzene rings is 1. The van der Waals surface area contributed by atoms with E-state index in [1.807, 2.05) is 0 Å². The smallest absolute Gasteiger partial charge is 0.240 e. The molecule has 1 heterocycles. The van der Waals surface area contributed by atoms with Crippen LogP contribution in [0.15, 0.2) is 33.8 Å². The molecule has 0 spiro atoms. The van der Waals surface area contributed by atoms with Crippen molar-refractivity contribution >= 4 is 26.9 Å². The largest absolute Gasteiger partial charge is 0.464 e. The Morgan fingerprint density at radius 1 is 1.36 bits per heavy atom. The zero-order valence-electron chi connectivity index (χ0n) is 12.3. The van der Waals surface area contributed by atoms with Crippen LogP contribution in [0.1, 0.15) is 18.4 Å². The molecule has 1 aliphatic carbocycles. The molecule has 0 bridgehead atoms. The molecular weight excluding hydrogens is 304 g/mol. The highest BCUT2D eigenvalue weighted by molar-refractivity contribution is 7.89. The number of carbonyl (C=O) groups excluding carboxylic acids is 1. The van der Waals surface area contributed by atoms with Gasteiger partial charge in [-0.1, -0.05) is 0 Å². The van der Waals surface area contributed by atoms with Gasteiger partial charge in [-0.2, -0.15) is 0 Å². The molecule has 1 aliphatic rings. The van der Waals surface area contributed by atoms with Crippen LogP contribution in [0.4, 0.5) is 0 Å². The Labute approximate surface area is 128 Å². The molecule has 6 nitrogen and oxygen atoms in total. The van der Waals surface area contributed by atoms with Crippen LogP contribution in [-0.2, 0) is 21.2 Å². The molecule has 1 fully saturated rings. The van der Waals surface area contributed by atoms with Gasteiger partial charge in [-0.3, -0.25) is 4.79 Å². The van der Waals surface area contributed by atoms with Crippen molar-refractivity contribution in [2.45, 2.75) is 24.2 Å². The third-order valence-electron chi connectivity index (χ3n) is 3.85. The van der Waals surface area contributed by atoms with Gasteiger partial charge in [0, 0.05) is 17.8 Å². The number of nitrogens with one attached hydrogen (secondary N) is 2. The van der Waals surface area contributed by atoms with Gasteiger partial charge in [0.2, 0.25) is 15.9 Å². The van der Waals surface area contributed by atoms with E-state index in [1.54, 1.807) is 18.4 Å². The first-order chi connectivity index (χ1) is 10.5. The molecule has 0 radical (unpaired) electrons. The van der Waals surface area contributed by atoms with Gasteiger partial charge in [0.1, 0.15) is 5.58 Å². The van der Waals surface area contributed by atoms with Gasteiger partial charge in [0.25, 0.3) is 0 Å². The maximum atomic E-state index is 11.9. The van der Waals surface area contributed by atoms with Crippen LogP contribution in [0.25, 0.3) is 11.0 Å². The Hall–Kier alpha value is -1.86. The monoisotopic (exact) mass is 322 g/mol. The molecule has 0 saturated heterocycles. The molecule has 1 saturated carbocycles. The molecule has 1 amide bonds. The van der Waals surface area contributed by atoms with Gasteiger partial charge in [-0.25, -0.2) is 13.1 Å². The van der Waals surface area contributed by atoms with E-state index in [2.05, 4.69) is 10.0 Å². The lowest BCUT2D eigenvalue weighted by Crippen LogP contribution is -2.26. The molecule has 0 atom stereocenters. The van der Waals surface area contributed by atoms with Crippen LogP contribution in [0.2, 0.25) is 0 Å². The highest BCUT2D eigenvalue weighted by atomic mass is 32.2. The van der Waals surface area contributed by atoms with Gasteiger partial charge < -0.3 is 9.73 Å². The molecule has 0 unspecified atom stereocenters. The van der Waals surface area contributed by atoms with E-state index in [1.165, 1.54) is 13.1 Å². The van der Waals surface area contributed by atoms with E-state index >= 15 is 0 Å². The standard InChI is InChI=1S/C15H18N2O4S/c1-16-22(19,20)12-4-5-14-13(8-12)11(9-21-14)6-7-17-15(18)10-2-3-10/h4-5,8-10,16H,2-3,6-7H2,1H3,(H,17,18). The van der Waals surface area contributed by atoms with E-state index in [0.29, 0.717) is 18.5 Å². The van der Waals surface area contributed by atoms with Crippen molar-refractivity contribution in [2.24, 2.45) is 5.92 Å². The number of amides is 1. The second-order valence-electron chi connectivity index (χ2n) is 5.44. The Bertz CT molecular complexity index is 806. The number of hydrogen-bond acceptors (Lipinski definition) is 4. The minimum atomic E-state index is -3.48. The first-order valence-electron chi connectivity index (χ1n) is 7.22. The Morgan fingerprint density at radius 2 is 2.14 bits per heavy atom. The van der Waals surface area contributed by atoms with E-state index in [-0.39, 0.29) is 16.7 Å². The summed E-state index contributed by atoms with van der Waals surface area (Å²) in [7, 11) is -2.10. The average Bonchev–Trinajstić information content (AvgIpc) is 3.29. The maximum Gasteiger partial charge on any atom is 0.240 e. The zero-order valence-corrected chi connectivity index (χ0v) is 13.1. The highest BCUT2D eigenvalue weighted by Gasteiger charge is 2.29. The fraction of sp³-hybridized carbons (Fsp3) is 0.400. The molecule has 22 heavy (non-hydrogen) atoms. The minimum Gasteiger partial charge on any atom is -0.464 e. The molecule has 3 rings (SSSR count). The van der Waals surface area contributed by atoms with Gasteiger partial charge in [-0.05, 0) is 50.1 Å². The summed E-state index contributed by atoms with van der Waals surface area (Å²) in [6, 6.07) is 4.75. The summed E-state index contributed by atoms with van der Waals surface area (Å²) in [5, 5.41) is 3.65. The van der Waals surface area contributed by atoms with Crippen LogP contribution in [0.3, 0.4) is 0 Å². The Balaban J connectivity index is 1.77. The fourth-order valence-electron chi connectivity index (χ4n) is 2.35. The lowest BCUT2D eigenvalue weighted by Gasteiger charge is -2.04. The highest BCUT2D eigenvalue weighted by Crippen LogP contribution is 2.29. The second-order valence-corrected chi connectivity index (χ2v) is 7.33. The number of hydrogen-bond donors (Lipinski definition) is 2. The third kappa shape index (κ3) is 3.00. The van der Waals surface area contributed by atoms with Crippen molar-refractivity contribution < 1.29 is 17.6 Å². The van der Waals surface area contributed by atoms with E-state index in [0.717, 1.165) is 23.8 Å². The van der Waals surface area contributed by atoms with Crippen LogP contribution in [0.5, 0.6) is 0 Å². The molecule has 2 N–H and O–H groups in total. The number of carbonyl (C=O) groups is 1. The lowest BCUT2D eigenvalue weighted by molar-refractivity contribution is -0.122. The Kier molecular flexibility index (Phi) is 3.92. The van der Waals surface area contributed by atoms with Crippen molar-refractivity contribution in [3.63, 3.8) is 0 Å². The second kappa shape index (κ2) is 5.73. The van der Waals surface area contributed by atoms with Crippen LogP contribution >= 0.6 is 0 Å². The zero-order chi connectivity index (χ0) is 15.7. The van der Waals surface area contributed by atoms with Gasteiger partial charge in [0.05, 0.1) is 11.2 Å². The summed E-state index contributed by atoms with van der Waals surface area (Å²) in [6.07, 6.45) is 4.18. The molecule has 2 aromatic rings. The third-order valence-corrected chi connectivity index (χ3v) is 5.26. The fourth-order valence-corrected chi connectivity index (χ4v) is 3.11. The summed E-state index contributed by atoms with van der Waals surface area (Å²) in [4.78, 5) is 11.8. The molecule has 1 aromatic heterocycles. The number of fused-ring (bicyclic) bond motifs is 1. The number of furan rings is 1. The predicted molar refractivity (Wildman–Crippen MR) is 81.9 cm³/mol. The van der Waals surface area contributed by atoms with Crippen LogP contribution in [0, 0.1) is 5.92 Å². The summed E-state index contributed by atoms with van der Waals surface area (Å²) in [5.41, 5.74) is 1.53. The first kappa shape index (κ1) is 15.1. The SMILES string of the molecule is CNS(=O)(=O)c1ccc2occ(CCNC(=O)C3CC3)c2c1. The molecule has 7 heteroatoms. The molecule has 0 aliphatic heterocycles. The quantitative estimate of drug-likeness (QED) is 0.841. The van der Waals surface area contributed by atoms with E-state index in [4.69, 9.17) is 4.42 Å². The summed E-state index contributed by atoms with van der Waals surface area (Å²) < 4.78 is 31.5. The molecule has 1 aromatic carbocycles. The lowest BCUT2D eigenvalue weighted by atomic mass is 10.1. The first-order valence-corrected chi connectivity index (χ1v) is 8.71. The van der Waals surface area contributed by atoms with Crippen LogP contribution < -0.4 is 10.0 Å². The van der Waals surface area contributed by atoms with Crippen LogP contribution in [-0.4, -0.2) is 27.9 Å². The minimum absolute atomic E-state index is 0.103. The summed E-state index contributed by atoms with van der Waals surface area (Å²) in [6.45, 7) is 0.521. The van der Waals surface area contributed by atoms with Crippen molar-refractivity contribution in [2.75, 3.05) is 13.6 Å². The molecular formula is C15H18N2O4S. The Morgan fingerprint density at radius 3 is 2.82 bits per heavy atom. The van der Waals surface area contributed by atoms with E-state index < -0.39 is 10.0 Å². The number of rotatable bonds is 6. The van der Waals surface area contributed by atoms with Crippen molar-refractivity contribution in [1.82, 2.24) is 10.0 Å². The predicted octanol–water partition coefficient (Wildman–Crippen LogP) is 1.41. The summed E-state index contributed by atoms with van der Waals surface area (Å²) in [5.74, 6) is 0.291. The maximum absolute atomic E-state index is 11.9.